The first kappa shape index (κ1) is 65.6. The molecular formula is C72H102Pb3. The van der Waals surface area contributed by atoms with Crippen LogP contribution >= 0.6 is 0 Å². The van der Waals surface area contributed by atoms with Crippen molar-refractivity contribution in [2.75, 3.05) is 0 Å². The fourth-order valence-electron chi connectivity index (χ4n) is 10.9. The predicted octanol–water partition coefficient (Wildman–Crippen LogP) is 14.1. The van der Waals surface area contributed by atoms with E-state index in [2.05, 4.69) is 197 Å². The molecule has 0 atom stereocenters. The molecule has 75 heavy (non-hydrogen) atoms. The van der Waals surface area contributed by atoms with Crippen molar-refractivity contribution < 1.29 is 0 Å². The minimum atomic E-state index is -1.06. The van der Waals surface area contributed by atoms with Crippen LogP contribution in [-0.4, -0.2) is 72.7 Å². The van der Waals surface area contributed by atoms with Crippen LogP contribution in [0.2, 0.25) is 0 Å². The van der Waals surface area contributed by atoms with Crippen molar-refractivity contribution in [1.29, 1.82) is 0 Å². The van der Waals surface area contributed by atoms with Crippen LogP contribution in [0.25, 0.3) is 0 Å². The molecule has 0 aliphatic rings. The van der Waals surface area contributed by atoms with Crippen LogP contribution in [-0.2, 0) is 116 Å². The Bertz CT molecular complexity index is 2100. The first-order valence-electron chi connectivity index (χ1n) is 30.5. The van der Waals surface area contributed by atoms with Crippen LogP contribution in [0.15, 0.2) is 72.8 Å². The van der Waals surface area contributed by atoms with E-state index in [1.165, 1.54) is 110 Å². The number of aryl methyl sites for hydroxylation is 18. The third-order valence-corrected chi connectivity index (χ3v) is 36.8. The van der Waals surface area contributed by atoms with Crippen molar-refractivity contribution in [2.24, 2.45) is 0 Å². The van der Waals surface area contributed by atoms with Crippen LogP contribution in [0, 0.1) is 0 Å². The molecule has 0 bridgehead atoms. The summed E-state index contributed by atoms with van der Waals surface area (Å²) in [6, 6.07) is 30.0. The standard InChI is InChI=1S/6C12H17.3Pb/c6*1-4-10-7-11(5-2)9-12(6-3)8-10;;;/h6*7-8H,4-6H2,1-3H3;;;. The Morgan fingerprint density at radius 3 is 0.320 bits per heavy atom. The van der Waals surface area contributed by atoms with E-state index in [0.717, 1.165) is 38.5 Å². The van der Waals surface area contributed by atoms with E-state index in [4.69, 9.17) is 0 Å². The van der Waals surface area contributed by atoms with Gasteiger partial charge in [-0.15, -0.1) is 0 Å². The van der Waals surface area contributed by atoms with E-state index in [1.54, 1.807) is 85.5 Å². The molecule has 0 saturated carbocycles. The van der Waals surface area contributed by atoms with Gasteiger partial charge in [0.05, 0.1) is 0 Å². The molecule has 0 fully saturated rings. The van der Waals surface area contributed by atoms with Crippen LogP contribution in [0.5, 0.6) is 0 Å². The first-order chi connectivity index (χ1) is 36.3. The maximum atomic E-state index is 2.50. The zero-order chi connectivity index (χ0) is 55.2. The Kier molecular flexibility index (Phi) is 30.0. The van der Waals surface area contributed by atoms with E-state index in [0.29, 0.717) is 0 Å². The van der Waals surface area contributed by atoms with Gasteiger partial charge in [-0.1, -0.05) is 0 Å². The topological polar surface area (TPSA) is 0 Å². The Morgan fingerprint density at radius 1 is 0.160 bits per heavy atom. The fourth-order valence-corrected chi connectivity index (χ4v) is 33.0. The molecule has 0 amide bonds. The Morgan fingerprint density at radius 2 is 0.253 bits per heavy atom. The molecule has 6 rings (SSSR count). The molecule has 0 N–H and O–H groups in total. The predicted molar refractivity (Wildman–Crippen MR) is 343 cm³/mol. The van der Waals surface area contributed by atoms with E-state index in [9.17, 15) is 0 Å². The maximum absolute atomic E-state index is 2.50. The van der Waals surface area contributed by atoms with Crippen molar-refractivity contribution in [3.05, 3.63) is 173 Å². The molecule has 402 valence electrons. The van der Waals surface area contributed by atoms with Gasteiger partial charge in [-0.25, -0.2) is 0 Å². The molecule has 0 unspecified atom stereocenters. The zero-order valence-corrected chi connectivity index (χ0v) is 62.8. The van der Waals surface area contributed by atoms with Gasteiger partial charge in [0.1, 0.15) is 0 Å². The number of benzene rings is 6. The Balaban J connectivity index is 0.000000243. The molecule has 6 aromatic rings. The second kappa shape index (κ2) is 34.3. The SMILES string of the molecule is CCc1cc(CC)[c]([Pb][c]2c(CC)cc(CC)cc2CC)c(CC)c1.CCc1cc(CC)[c]([Pb][c]2c(CC)cc(CC)cc2CC)c(CC)c1.CCc1cc(CC)[c]([Pb][c]2c(CC)cc(CC)cc2CC)c(CC)c1. The fraction of sp³-hybridized carbons (Fsp3) is 0.500. The van der Waals surface area contributed by atoms with Crippen molar-refractivity contribution in [1.82, 2.24) is 0 Å². The summed E-state index contributed by atoms with van der Waals surface area (Å²) >= 11 is -3.18. The molecule has 0 heterocycles. The second-order valence-corrected chi connectivity index (χ2v) is 35.1. The summed E-state index contributed by atoms with van der Waals surface area (Å²) < 4.78 is 10.7. The van der Waals surface area contributed by atoms with E-state index >= 15 is 0 Å². The van der Waals surface area contributed by atoms with Gasteiger partial charge in [-0.2, -0.15) is 0 Å². The van der Waals surface area contributed by atoms with Gasteiger partial charge in [0.25, 0.3) is 0 Å². The summed E-state index contributed by atoms with van der Waals surface area (Å²) in [5.74, 6) is 0. The summed E-state index contributed by atoms with van der Waals surface area (Å²) in [7, 11) is 0. The van der Waals surface area contributed by atoms with Crippen LogP contribution in [0.1, 0.15) is 225 Å². The minimum absolute atomic E-state index is 1.06. The molecule has 0 nitrogen and oxygen atoms in total. The summed E-state index contributed by atoms with van der Waals surface area (Å²) in [5, 5.41) is 0. The van der Waals surface area contributed by atoms with Gasteiger partial charge in [-0.3, -0.25) is 0 Å². The monoisotopic (exact) mass is 1590 g/mol. The Labute approximate surface area is 499 Å². The molecule has 6 aromatic carbocycles. The molecule has 3 heteroatoms. The Hall–Kier alpha value is -1.91. The van der Waals surface area contributed by atoms with Gasteiger partial charge < -0.3 is 0 Å². The summed E-state index contributed by atoms with van der Waals surface area (Å²) in [4.78, 5) is 0. The molecule has 0 aliphatic heterocycles. The van der Waals surface area contributed by atoms with Crippen molar-refractivity contribution in [3.8, 4) is 0 Å². The van der Waals surface area contributed by atoms with Crippen molar-refractivity contribution in [3.63, 3.8) is 0 Å². The van der Waals surface area contributed by atoms with Crippen molar-refractivity contribution >= 4 is 91.4 Å². The molecular weight excluding hydrogens is 1490 g/mol. The second-order valence-electron chi connectivity index (χ2n) is 20.5. The third kappa shape index (κ3) is 17.5. The normalized spacial score (nSPS) is 11.1. The molecule has 0 saturated heterocycles. The molecule has 0 aromatic heterocycles. The average molecular weight is 1590 g/mol. The van der Waals surface area contributed by atoms with Gasteiger partial charge in [0.2, 0.25) is 0 Å². The summed E-state index contributed by atoms with van der Waals surface area (Å²) in [6.45, 7) is 41.7. The van der Waals surface area contributed by atoms with Crippen LogP contribution < -0.4 is 18.7 Å². The summed E-state index contributed by atoms with van der Waals surface area (Å²) in [6.07, 6.45) is 21.1. The van der Waals surface area contributed by atoms with Crippen LogP contribution in [0.3, 0.4) is 0 Å². The number of hydrogen-bond acceptors (Lipinski definition) is 0. The number of hydrogen-bond donors (Lipinski definition) is 0. The van der Waals surface area contributed by atoms with Crippen molar-refractivity contribution in [2.45, 2.75) is 240 Å². The van der Waals surface area contributed by atoms with E-state index < -0.39 is 72.7 Å². The molecule has 6 radical (unpaired) electrons. The number of rotatable bonds is 24. The molecule has 0 aliphatic carbocycles. The molecule has 0 spiro atoms. The first-order valence-corrected chi connectivity index (χ1v) is 42.2. The average Bonchev–Trinajstić information content (AvgIpc) is 3.46. The van der Waals surface area contributed by atoms with Gasteiger partial charge >= 0.3 is 505 Å². The summed E-state index contributed by atoms with van der Waals surface area (Å²) in [5.41, 5.74) is 28.8. The third-order valence-electron chi connectivity index (χ3n) is 15.9. The zero-order valence-electron chi connectivity index (χ0n) is 51.2. The van der Waals surface area contributed by atoms with Gasteiger partial charge in [0, 0.05) is 0 Å². The van der Waals surface area contributed by atoms with E-state index in [1.807, 2.05) is 0 Å². The van der Waals surface area contributed by atoms with Gasteiger partial charge in [0.15, 0.2) is 0 Å². The van der Waals surface area contributed by atoms with Gasteiger partial charge in [-0.05, 0) is 0 Å². The quantitative estimate of drug-likeness (QED) is 0.0530. The van der Waals surface area contributed by atoms with E-state index in [-0.39, 0.29) is 0 Å². The van der Waals surface area contributed by atoms with Crippen LogP contribution in [0.4, 0.5) is 0 Å².